The summed E-state index contributed by atoms with van der Waals surface area (Å²) in [5, 5.41) is 17.8. The first-order valence-corrected chi connectivity index (χ1v) is 5.08. The zero-order valence-electron chi connectivity index (χ0n) is 8.98. The lowest BCUT2D eigenvalue weighted by Gasteiger charge is -2.07. The molecule has 0 radical (unpaired) electrons. The summed E-state index contributed by atoms with van der Waals surface area (Å²) in [7, 11) is 0. The fraction of sp³-hybridized carbons (Fsp3) is 0.333. The molecule has 5 heteroatoms. The molecule has 1 rings (SSSR count). The fourth-order valence-electron chi connectivity index (χ4n) is 1.27. The van der Waals surface area contributed by atoms with Gasteiger partial charge in [0.1, 0.15) is 0 Å². The SMILES string of the molecule is OCC[C@@H](O)/C=C/c1cccc(C(F)(F)F)c1. The van der Waals surface area contributed by atoms with Crippen molar-refractivity contribution in [2.24, 2.45) is 0 Å². The fourth-order valence-corrected chi connectivity index (χ4v) is 1.27. The van der Waals surface area contributed by atoms with E-state index in [1.807, 2.05) is 0 Å². The zero-order valence-corrected chi connectivity index (χ0v) is 8.98. The first-order valence-electron chi connectivity index (χ1n) is 5.08. The molecule has 94 valence electrons. The number of halogens is 3. The zero-order chi connectivity index (χ0) is 12.9. The van der Waals surface area contributed by atoms with Gasteiger partial charge in [-0.1, -0.05) is 24.3 Å². The molecule has 1 aromatic carbocycles. The van der Waals surface area contributed by atoms with E-state index in [9.17, 15) is 18.3 Å². The van der Waals surface area contributed by atoms with E-state index in [0.717, 1.165) is 12.1 Å². The van der Waals surface area contributed by atoms with Crippen molar-refractivity contribution in [3.05, 3.63) is 41.5 Å². The molecule has 0 aliphatic carbocycles. The van der Waals surface area contributed by atoms with Gasteiger partial charge in [0.2, 0.25) is 0 Å². The lowest BCUT2D eigenvalue weighted by atomic mass is 10.1. The van der Waals surface area contributed by atoms with Crippen LogP contribution in [0.1, 0.15) is 17.5 Å². The number of hydrogen-bond donors (Lipinski definition) is 2. The summed E-state index contributed by atoms with van der Waals surface area (Å²) in [4.78, 5) is 0. The minimum atomic E-state index is -4.37. The van der Waals surface area contributed by atoms with Gasteiger partial charge in [-0.2, -0.15) is 13.2 Å². The molecular formula is C12H13F3O2. The molecule has 0 bridgehead atoms. The van der Waals surface area contributed by atoms with Gasteiger partial charge in [0.15, 0.2) is 0 Å². The Morgan fingerprint density at radius 3 is 2.59 bits per heavy atom. The number of aliphatic hydroxyl groups is 2. The van der Waals surface area contributed by atoms with Gasteiger partial charge in [-0.15, -0.1) is 0 Å². The molecule has 0 fully saturated rings. The normalized spacial score (nSPS) is 14.2. The van der Waals surface area contributed by atoms with E-state index in [4.69, 9.17) is 5.11 Å². The topological polar surface area (TPSA) is 40.5 Å². The first kappa shape index (κ1) is 13.7. The van der Waals surface area contributed by atoms with E-state index in [1.54, 1.807) is 0 Å². The lowest BCUT2D eigenvalue weighted by Crippen LogP contribution is -2.05. The van der Waals surface area contributed by atoms with Gasteiger partial charge < -0.3 is 10.2 Å². The second-order valence-electron chi connectivity index (χ2n) is 3.56. The maximum Gasteiger partial charge on any atom is 0.416 e. The Kier molecular flexibility index (Phi) is 4.72. The Labute approximate surface area is 97.0 Å². The van der Waals surface area contributed by atoms with Crippen LogP contribution in [0.15, 0.2) is 30.3 Å². The van der Waals surface area contributed by atoms with Crippen molar-refractivity contribution in [2.45, 2.75) is 18.7 Å². The minimum absolute atomic E-state index is 0.162. The highest BCUT2D eigenvalue weighted by Crippen LogP contribution is 2.29. The standard InChI is InChI=1S/C12H13F3O2/c13-12(14,15)10-3-1-2-9(8-10)4-5-11(17)6-7-16/h1-5,8,11,16-17H,6-7H2/b5-4+/t11-/m0/s1. The minimum Gasteiger partial charge on any atom is -0.396 e. The van der Waals surface area contributed by atoms with Crippen LogP contribution in [0.3, 0.4) is 0 Å². The molecule has 0 aromatic heterocycles. The van der Waals surface area contributed by atoms with Gasteiger partial charge in [-0.3, -0.25) is 0 Å². The summed E-state index contributed by atoms with van der Waals surface area (Å²) >= 11 is 0. The maximum absolute atomic E-state index is 12.4. The van der Waals surface area contributed by atoms with E-state index < -0.39 is 17.8 Å². The molecule has 2 nitrogen and oxygen atoms in total. The molecule has 0 unspecified atom stereocenters. The lowest BCUT2D eigenvalue weighted by molar-refractivity contribution is -0.137. The molecule has 0 saturated carbocycles. The molecule has 0 aliphatic rings. The van der Waals surface area contributed by atoms with Crippen molar-refractivity contribution < 1.29 is 23.4 Å². The maximum atomic E-state index is 12.4. The van der Waals surface area contributed by atoms with Gasteiger partial charge in [-0.05, 0) is 24.1 Å². The smallest absolute Gasteiger partial charge is 0.396 e. The first-order chi connectivity index (χ1) is 7.93. The Bertz CT molecular complexity index is 386. The molecule has 1 aromatic rings. The summed E-state index contributed by atoms with van der Waals surface area (Å²) < 4.78 is 37.1. The highest BCUT2D eigenvalue weighted by molar-refractivity contribution is 5.51. The van der Waals surface area contributed by atoms with Gasteiger partial charge in [0.05, 0.1) is 11.7 Å². The van der Waals surface area contributed by atoms with Crippen molar-refractivity contribution in [1.82, 2.24) is 0 Å². The number of aliphatic hydroxyl groups excluding tert-OH is 2. The van der Waals surface area contributed by atoms with Crippen LogP contribution in [0.25, 0.3) is 6.08 Å². The van der Waals surface area contributed by atoms with E-state index in [1.165, 1.54) is 24.3 Å². The molecule has 0 saturated heterocycles. The van der Waals surface area contributed by atoms with Crippen molar-refractivity contribution in [3.8, 4) is 0 Å². The van der Waals surface area contributed by atoms with Crippen LogP contribution < -0.4 is 0 Å². The van der Waals surface area contributed by atoms with Gasteiger partial charge in [-0.25, -0.2) is 0 Å². The summed E-state index contributed by atoms with van der Waals surface area (Å²) in [5.74, 6) is 0. The van der Waals surface area contributed by atoms with Gasteiger partial charge >= 0.3 is 6.18 Å². The molecular weight excluding hydrogens is 233 g/mol. The van der Waals surface area contributed by atoms with Crippen LogP contribution in [-0.4, -0.2) is 22.9 Å². The molecule has 0 spiro atoms. The van der Waals surface area contributed by atoms with E-state index in [0.29, 0.717) is 5.56 Å². The number of hydrogen-bond acceptors (Lipinski definition) is 2. The highest BCUT2D eigenvalue weighted by Gasteiger charge is 2.30. The van der Waals surface area contributed by atoms with Crippen molar-refractivity contribution in [2.75, 3.05) is 6.61 Å². The molecule has 0 amide bonds. The Hall–Kier alpha value is -1.33. The molecule has 0 heterocycles. The summed E-state index contributed by atoms with van der Waals surface area (Å²) in [5.41, 5.74) is -0.367. The van der Waals surface area contributed by atoms with Gasteiger partial charge in [0, 0.05) is 6.61 Å². The van der Waals surface area contributed by atoms with Crippen molar-refractivity contribution in [1.29, 1.82) is 0 Å². The van der Waals surface area contributed by atoms with Crippen LogP contribution in [-0.2, 0) is 6.18 Å². The second-order valence-corrected chi connectivity index (χ2v) is 3.56. The predicted octanol–water partition coefficient (Wildman–Crippen LogP) is 2.46. The third kappa shape index (κ3) is 4.58. The molecule has 0 aliphatic heterocycles. The van der Waals surface area contributed by atoms with Crippen LogP contribution in [0, 0.1) is 0 Å². The third-order valence-electron chi connectivity index (χ3n) is 2.15. The van der Waals surface area contributed by atoms with Crippen LogP contribution in [0.5, 0.6) is 0 Å². The highest BCUT2D eigenvalue weighted by atomic mass is 19.4. The molecule has 17 heavy (non-hydrogen) atoms. The Morgan fingerprint density at radius 2 is 2.00 bits per heavy atom. The third-order valence-corrected chi connectivity index (χ3v) is 2.15. The largest absolute Gasteiger partial charge is 0.416 e. The van der Waals surface area contributed by atoms with Gasteiger partial charge in [0.25, 0.3) is 0 Å². The van der Waals surface area contributed by atoms with Crippen LogP contribution in [0.4, 0.5) is 13.2 Å². The number of alkyl halides is 3. The van der Waals surface area contributed by atoms with E-state index in [2.05, 4.69) is 0 Å². The van der Waals surface area contributed by atoms with Crippen LogP contribution in [0.2, 0.25) is 0 Å². The van der Waals surface area contributed by atoms with E-state index >= 15 is 0 Å². The quantitative estimate of drug-likeness (QED) is 0.856. The number of benzene rings is 1. The summed E-state index contributed by atoms with van der Waals surface area (Å²) in [6, 6.07) is 4.81. The average molecular weight is 246 g/mol. The molecule has 2 N–H and O–H groups in total. The summed E-state index contributed by atoms with van der Waals surface area (Å²) in [6.45, 7) is -0.173. The van der Waals surface area contributed by atoms with E-state index in [-0.39, 0.29) is 13.0 Å². The van der Waals surface area contributed by atoms with Crippen LogP contribution >= 0.6 is 0 Å². The predicted molar refractivity (Wildman–Crippen MR) is 58.2 cm³/mol. The average Bonchev–Trinajstić information content (AvgIpc) is 2.26. The second kappa shape index (κ2) is 5.84. The Morgan fingerprint density at radius 1 is 1.29 bits per heavy atom. The van der Waals surface area contributed by atoms with Crippen molar-refractivity contribution >= 4 is 6.08 Å². The van der Waals surface area contributed by atoms with Crippen molar-refractivity contribution in [3.63, 3.8) is 0 Å². The monoisotopic (exact) mass is 246 g/mol. The summed E-state index contributed by atoms with van der Waals surface area (Å²) in [6.07, 6.45) is -2.31. The number of rotatable bonds is 4. The molecule has 1 atom stereocenters. The Balaban J connectivity index is 2.79.